The lowest BCUT2D eigenvalue weighted by Gasteiger charge is -2.13. The highest BCUT2D eigenvalue weighted by Gasteiger charge is 2.16. The van der Waals surface area contributed by atoms with Crippen LogP contribution in [0.3, 0.4) is 0 Å². The predicted molar refractivity (Wildman–Crippen MR) is 79.7 cm³/mol. The number of aromatic nitrogens is 2. The van der Waals surface area contributed by atoms with Gasteiger partial charge < -0.3 is 10.5 Å². The van der Waals surface area contributed by atoms with E-state index in [9.17, 15) is 0 Å². The minimum Gasteiger partial charge on any atom is -0.381 e. The van der Waals surface area contributed by atoms with Gasteiger partial charge in [-0.15, -0.1) is 0 Å². The summed E-state index contributed by atoms with van der Waals surface area (Å²) in [6, 6.07) is 0.0704. The summed E-state index contributed by atoms with van der Waals surface area (Å²) in [6.45, 7) is 8.59. The van der Waals surface area contributed by atoms with Crippen molar-refractivity contribution in [1.82, 2.24) is 9.78 Å². The second-order valence-corrected chi connectivity index (χ2v) is 5.12. The van der Waals surface area contributed by atoms with Gasteiger partial charge in [-0.1, -0.05) is 25.4 Å². The maximum Gasteiger partial charge on any atom is 0.0850 e. The Morgan fingerprint density at radius 3 is 2.63 bits per heavy atom. The van der Waals surface area contributed by atoms with Gasteiger partial charge in [0.15, 0.2) is 0 Å². The molecule has 1 rings (SSSR count). The Morgan fingerprint density at radius 1 is 1.32 bits per heavy atom. The van der Waals surface area contributed by atoms with Crippen LogP contribution < -0.4 is 5.73 Å². The summed E-state index contributed by atoms with van der Waals surface area (Å²) in [7, 11) is 0. The first kappa shape index (κ1) is 16.5. The predicted octanol–water partition coefficient (Wildman–Crippen LogP) is 2.81. The van der Waals surface area contributed by atoms with Crippen molar-refractivity contribution in [3.63, 3.8) is 0 Å². The molecule has 0 aliphatic carbocycles. The fraction of sp³-hybridized carbons (Fsp3) is 0.786. The van der Waals surface area contributed by atoms with Crippen LogP contribution >= 0.6 is 11.6 Å². The first-order chi connectivity index (χ1) is 9.13. The van der Waals surface area contributed by atoms with E-state index in [0.717, 1.165) is 55.2 Å². The first-order valence-electron chi connectivity index (χ1n) is 7.21. The molecular formula is C14H26ClN3O. The van der Waals surface area contributed by atoms with Gasteiger partial charge in [0.2, 0.25) is 0 Å². The van der Waals surface area contributed by atoms with E-state index in [-0.39, 0.29) is 6.04 Å². The lowest BCUT2D eigenvalue weighted by molar-refractivity contribution is 0.127. The van der Waals surface area contributed by atoms with Gasteiger partial charge in [0.05, 0.1) is 16.4 Å². The van der Waals surface area contributed by atoms with E-state index >= 15 is 0 Å². The molecule has 0 aliphatic heterocycles. The highest BCUT2D eigenvalue weighted by atomic mass is 35.5. The zero-order valence-electron chi connectivity index (χ0n) is 12.3. The summed E-state index contributed by atoms with van der Waals surface area (Å²) < 4.78 is 7.44. The van der Waals surface area contributed by atoms with E-state index in [1.807, 2.05) is 4.68 Å². The van der Waals surface area contributed by atoms with Crippen LogP contribution in [-0.4, -0.2) is 29.0 Å². The zero-order valence-corrected chi connectivity index (χ0v) is 13.0. The second-order valence-electron chi connectivity index (χ2n) is 4.74. The molecule has 0 fully saturated rings. The Labute approximate surface area is 121 Å². The van der Waals surface area contributed by atoms with E-state index in [2.05, 4.69) is 25.9 Å². The van der Waals surface area contributed by atoms with Gasteiger partial charge in [0.1, 0.15) is 0 Å². The first-order valence-corrected chi connectivity index (χ1v) is 7.59. The number of rotatable bonds is 9. The minimum absolute atomic E-state index is 0.0704. The highest BCUT2D eigenvalue weighted by molar-refractivity contribution is 6.31. The summed E-state index contributed by atoms with van der Waals surface area (Å²) in [5.41, 5.74) is 8.18. The molecule has 1 unspecified atom stereocenters. The molecule has 0 bridgehead atoms. The van der Waals surface area contributed by atoms with Crippen LogP contribution in [0.15, 0.2) is 0 Å². The third kappa shape index (κ3) is 4.79. The van der Waals surface area contributed by atoms with Gasteiger partial charge in [-0.3, -0.25) is 4.68 Å². The Hall–Kier alpha value is -0.580. The van der Waals surface area contributed by atoms with Crippen LogP contribution in [0.2, 0.25) is 5.02 Å². The van der Waals surface area contributed by atoms with Crippen LogP contribution in [-0.2, 0) is 24.1 Å². The van der Waals surface area contributed by atoms with Crippen LogP contribution in [0.25, 0.3) is 0 Å². The van der Waals surface area contributed by atoms with E-state index in [1.54, 1.807) is 0 Å². The molecule has 1 heterocycles. The molecule has 5 heteroatoms. The molecule has 0 radical (unpaired) electrons. The van der Waals surface area contributed by atoms with Crippen LogP contribution in [0.5, 0.6) is 0 Å². The van der Waals surface area contributed by atoms with Crippen molar-refractivity contribution < 1.29 is 4.74 Å². The van der Waals surface area contributed by atoms with Crippen molar-refractivity contribution in [2.75, 3.05) is 13.2 Å². The molecule has 0 saturated carbocycles. The molecule has 0 spiro atoms. The molecule has 1 atom stereocenters. The van der Waals surface area contributed by atoms with Gasteiger partial charge in [-0.2, -0.15) is 5.10 Å². The molecular weight excluding hydrogens is 262 g/mol. The van der Waals surface area contributed by atoms with Crippen molar-refractivity contribution in [3.8, 4) is 0 Å². The number of aryl methyl sites for hydroxylation is 2. The molecule has 0 aliphatic rings. The molecule has 2 N–H and O–H groups in total. The smallest absolute Gasteiger partial charge is 0.0850 e. The van der Waals surface area contributed by atoms with Crippen LogP contribution in [0, 0.1) is 0 Å². The fourth-order valence-corrected chi connectivity index (χ4v) is 2.39. The molecule has 1 aromatic heterocycles. The van der Waals surface area contributed by atoms with Crippen molar-refractivity contribution in [3.05, 3.63) is 16.4 Å². The van der Waals surface area contributed by atoms with E-state index in [4.69, 9.17) is 22.1 Å². The summed E-state index contributed by atoms with van der Waals surface area (Å²) in [5, 5.41) is 5.29. The number of hydrogen-bond acceptors (Lipinski definition) is 3. The van der Waals surface area contributed by atoms with Gasteiger partial charge in [0.25, 0.3) is 0 Å². The normalized spacial score (nSPS) is 12.9. The Morgan fingerprint density at radius 2 is 2.05 bits per heavy atom. The highest BCUT2D eigenvalue weighted by Crippen LogP contribution is 2.23. The molecule has 0 saturated heterocycles. The van der Waals surface area contributed by atoms with Crippen molar-refractivity contribution in [2.24, 2.45) is 5.73 Å². The lowest BCUT2D eigenvalue weighted by Crippen LogP contribution is -2.26. The largest absolute Gasteiger partial charge is 0.381 e. The average Bonchev–Trinajstić information content (AvgIpc) is 2.71. The summed E-state index contributed by atoms with van der Waals surface area (Å²) in [5.74, 6) is 0. The maximum atomic E-state index is 6.37. The van der Waals surface area contributed by atoms with Crippen molar-refractivity contribution in [1.29, 1.82) is 0 Å². The van der Waals surface area contributed by atoms with Crippen LogP contribution in [0.4, 0.5) is 0 Å². The van der Waals surface area contributed by atoms with Gasteiger partial charge in [0, 0.05) is 32.2 Å². The molecule has 0 amide bonds. The Kier molecular flexibility index (Phi) is 7.42. The van der Waals surface area contributed by atoms with Gasteiger partial charge in [-0.25, -0.2) is 0 Å². The standard InChI is InChI=1S/C14H26ClN3O/c1-4-8-19-9-7-11(16)10-13-14(15)12(5-2)17-18(13)6-3/h11H,4-10,16H2,1-3H3. The second kappa shape index (κ2) is 8.56. The van der Waals surface area contributed by atoms with Gasteiger partial charge >= 0.3 is 0 Å². The third-order valence-electron chi connectivity index (χ3n) is 3.13. The number of hydrogen-bond donors (Lipinski definition) is 1. The third-order valence-corrected chi connectivity index (χ3v) is 3.57. The molecule has 19 heavy (non-hydrogen) atoms. The van der Waals surface area contributed by atoms with E-state index in [1.165, 1.54) is 0 Å². The number of nitrogens with zero attached hydrogens (tertiary/aromatic N) is 2. The molecule has 0 aromatic carbocycles. The number of nitrogens with two attached hydrogens (primary N) is 1. The quantitative estimate of drug-likeness (QED) is 0.711. The monoisotopic (exact) mass is 287 g/mol. The Balaban J connectivity index is 2.57. The Bertz CT molecular complexity index is 379. The zero-order chi connectivity index (χ0) is 14.3. The molecule has 110 valence electrons. The lowest BCUT2D eigenvalue weighted by atomic mass is 10.1. The summed E-state index contributed by atoms with van der Waals surface area (Å²) >= 11 is 6.37. The fourth-order valence-electron chi connectivity index (χ4n) is 2.04. The minimum atomic E-state index is 0.0704. The molecule has 4 nitrogen and oxygen atoms in total. The average molecular weight is 288 g/mol. The van der Waals surface area contributed by atoms with Crippen LogP contribution in [0.1, 0.15) is 45.0 Å². The molecule has 1 aromatic rings. The van der Waals surface area contributed by atoms with E-state index < -0.39 is 0 Å². The number of halogens is 1. The topological polar surface area (TPSA) is 53.1 Å². The van der Waals surface area contributed by atoms with Gasteiger partial charge in [-0.05, 0) is 26.2 Å². The SMILES string of the molecule is CCCOCCC(N)Cc1c(Cl)c(CC)nn1CC. The van der Waals surface area contributed by atoms with Crippen molar-refractivity contribution >= 4 is 11.6 Å². The number of ether oxygens (including phenoxy) is 1. The van der Waals surface area contributed by atoms with Crippen molar-refractivity contribution in [2.45, 2.75) is 59.0 Å². The van der Waals surface area contributed by atoms with E-state index in [0.29, 0.717) is 6.61 Å². The maximum absolute atomic E-state index is 6.37. The summed E-state index contributed by atoms with van der Waals surface area (Å²) in [6.07, 6.45) is 3.51. The summed E-state index contributed by atoms with van der Waals surface area (Å²) in [4.78, 5) is 0.